The minimum atomic E-state index is -1.26. The molecule has 0 bridgehead atoms. The third kappa shape index (κ3) is 4.61. The first-order valence-corrected chi connectivity index (χ1v) is 4.60. The lowest BCUT2D eigenvalue weighted by atomic mass is 10.3. The highest BCUT2D eigenvalue weighted by molar-refractivity contribution is 5.89. The Morgan fingerprint density at radius 2 is 1.82 bits per heavy atom. The number of carbonyl (C=O) groups is 2. The van der Waals surface area contributed by atoms with Crippen LogP contribution in [0.2, 0.25) is 0 Å². The van der Waals surface area contributed by atoms with Gasteiger partial charge in [-0.15, -0.1) is 0 Å². The first kappa shape index (κ1) is 12.4. The molecule has 6 nitrogen and oxygen atoms in total. The van der Waals surface area contributed by atoms with E-state index in [1.165, 1.54) is 5.39 Å². The Bertz CT molecular complexity index is 499. The van der Waals surface area contributed by atoms with Crippen molar-refractivity contribution in [3.63, 3.8) is 0 Å². The lowest BCUT2D eigenvalue weighted by Gasteiger charge is -1.82. The molecule has 0 saturated heterocycles. The zero-order chi connectivity index (χ0) is 12.7. The summed E-state index contributed by atoms with van der Waals surface area (Å²) in [5, 5.41) is 16.8. The van der Waals surface area contributed by atoms with E-state index in [4.69, 9.17) is 10.2 Å². The third-order valence-electron chi connectivity index (χ3n) is 1.73. The quantitative estimate of drug-likeness (QED) is 0.679. The Kier molecular flexibility index (Phi) is 4.44. The van der Waals surface area contributed by atoms with Crippen LogP contribution in [0.15, 0.2) is 42.9 Å². The normalized spacial score (nSPS) is 9.88. The number of aromatic amines is 1. The maximum atomic E-state index is 9.55. The number of hydrogen-bond donors (Lipinski definition) is 3. The molecule has 0 aliphatic heterocycles. The molecule has 0 fully saturated rings. The van der Waals surface area contributed by atoms with Crippen LogP contribution in [0.1, 0.15) is 0 Å². The molecule has 0 radical (unpaired) electrons. The van der Waals surface area contributed by atoms with Gasteiger partial charge in [-0.3, -0.25) is 4.98 Å². The summed E-state index contributed by atoms with van der Waals surface area (Å²) in [7, 11) is 0. The van der Waals surface area contributed by atoms with Crippen molar-refractivity contribution in [1.29, 1.82) is 0 Å². The lowest BCUT2D eigenvalue weighted by molar-refractivity contribution is -0.134. The predicted octanol–water partition coefficient (Wildman–Crippen LogP) is 1.27. The molecule has 2 aromatic heterocycles. The van der Waals surface area contributed by atoms with Crippen molar-refractivity contribution < 1.29 is 19.8 Å². The van der Waals surface area contributed by atoms with Gasteiger partial charge in [-0.2, -0.15) is 0 Å². The summed E-state index contributed by atoms with van der Waals surface area (Å²) in [6, 6.07) is 4.00. The van der Waals surface area contributed by atoms with E-state index in [0.29, 0.717) is 12.2 Å². The Hall–Kier alpha value is -2.63. The van der Waals surface area contributed by atoms with Gasteiger partial charge in [0.2, 0.25) is 0 Å². The predicted molar refractivity (Wildman–Crippen MR) is 60.5 cm³/mol. The topological polar surface area (TPSA) is 103 Å². The first-order valence-electron chi connectivity index (χ1n) is 4.60. The molecule has 2 heterocycles. The van der Waals surface area contributed by atoms with Gasteiger partial charge in [0.25, 0.3) is 0 Å². The summed E-state index contributed by atoms with van der Waals surface area (Å²) in [6.07, 6.45) is 6.63. The van der Waals surface area contributed by atoms with Crippen molar-refractivity contribution in [2.75, 3.05) is 0 Å². The van der Waals surface area contributed by atoms with E-state index in [1.54, 1.807) is 6.20 Å². The Balaban J connectivity index is 0.000000172. The van der Waals surface area contributed by atoms with Crippen LogP contribution in [-0.4, -0.2) is 32.1 Å². The van der Waals surface area contributed by atoms with Crippen molar-refractivity contribution in [1.82, 2.24) is 9.97 Å². The van der Waals surface area contributed by atoms with Crippen LogP contribution >= 0.6 is 0 Å². The number of pyridine rings is 1. The zero-order valence-corrected chi connectivity index (χ0v) is 8.70. The molecule has 88 valence electrons. The molecular formula is C11H10N2O4. The highest BCUT2D eigenvalue weighted by Gasteiger charge is 1.88. The minimum Gasteiger partial charge on any atom is -0.478 e. The van der Waals surface area contributed by atoms with Crippen LogP contribution in [0, 0.1) is 0 Å². The molecule has 0 amide bonds. The number of nitrogens with zero attached hydrogens (tertiary/aromatic N) is 1. The molecule has 0 saturated carbocycles. The average molecular weight is 234 g/mol. The monoisotopic (exact) mass is 234 g/mol. The number of rotatable bonds is 2. The van der Waals surface area contributed by atoms with E-state index in [1.807, 2.05) is 24.5 Å². The first-order chi connectivity index (χ1) is 8.09. The van der Waals surface area contributed by atoms with E-state index in [9.17, 15) is 9.59 Å². The van der Waals surface area contributed by atoms with Crippen molar-refractivity contribution in [3.05, 3.63) is 42.9 Å². The van der Waals surface area contributed by atoms with E-state index < -0.39 is 11.9 Å². The fraction of sp³-hybridized carbons (Fsp3) is 0. The standard InChI is InChI=1S/C7H6N2.C4H4O4/c1-3-8-5-7-6(1)2-4-9-7;5-3(6)1-2-4(7)8/h1-5,9H;1-2H,(H,5,6)(H,7,8). The van der Waals surface area contributed by atoms with Crippen molar-refractivity contribution >= 4 is 22.8 Å². The fourth-order valence-corrected chi connectivity index (χ4v) is 1.03. The highest BCUT2D eigenvalue weighted by Crippen LogP contribution is 2.07. The van der Waals surface area contributed by atoms with Gasteiger partial charge < -0.3 is 15.2 Å². The van der Waals surface area contributed by atoms with E-state index >= 15 is 0 Å². The van der Waals surface area contributed by atoms with Crippen molar-refractivity contribution in [2.24, 2.45) is 0 Å². The number of fused-ring (bicyclic) bond motifs is 1. The molecule has 0 unspecified atom stereocenters. The summed E-state index contributed by atoms with van der Waals surface area (Å²) in [5.41, 5.74) is 1.09. The SMILES string of the molecule is O=C(O)C=CC(=O)O.c1cc2cc[nH]c2cn1. The van der Waals surface area contributed by atoms with Gasteiger partial charge in [-0.05, 0) is 12.1 Å². The maximum Gasteiger partial charge on any atom is 0.328 e. The number of aromatic nitrogens is 2. The van der Waals surface area contributed by atoms with E-state index in [-0.39, 0.29) is 0 Å². The van der Waals surface area contributed by atoms with Crippen molar-refractivity contribution in [2.45, 2.75) is 0 Å². The van der Waals surface area contributed by atoms with Crippen LogP contribution in [0.4, 0.5) is 0 Å². The summed E-state index contributed by atoms with van der Waals surface area (Å²) in [6.45, 7) is 0. The minimum absolute atomic E-state index is 0.558. The highest BCUT2D eigenvalue weighted by atomic mass is 16.4. The molecule has 3 N–H and O–H groups in total. The molecular weight excluding hydrogens is 224 g/mol. The van der Waals surface area contributed by atoms with Crippen LogP contribution in [0.25, 0.3) is 10.9 Å². The third-order valence-corrected chi connectivity index (χ3v) is 1.73. The summed E-state index contributed by atoms with van der Waals surface area (Å²) in [5.74, 6) is -2.51. The Morgan fingerprint density at radius 1 is 1.18 bits per heavy atom. The molecule has 2 aromatic rings. The van der Waals surface area contributed by atoms with Crippen molar-refractivity contribution in [3.8, 4) is 0 Å². The Morgan fingerprint density at radius 3 is 2.35 bits per heavy atom. The van der Waals surface area contributed by atoms with Crippen LogP contribution in [-0.2, 0) is 9.59 Å². The second kappa shape index (κ2) is 6.06. The van der Waals surface area contributed by atoms with Gasteiger partial charge in [0, 0.05) is 29.9 Å². The van der Waals surface area contributed by atoms with E-state index in [2.05, 4.69) is 9.97 Å². The number of nitrogens with one attached hydrogen (secondary N) is 1. The number of carboxylic acid groups (broad SMARTS) is 2. The molecule has 0 atom stereocenters. The molecule has 0 spiro atoms. The summed E-state index contributed by atoms with van der Waals surface area (Å²) >= 11 is 0. The molecule has 0 aliphatic rings. The van der Waals surface area contributed by atoms with E-state index in [0.717, 1.165) is 5.52 Å². The number of carboxylic acids is 2. The van der Waals surface area contributed by atoms with Gasteiger partial charge in [0.1, 0.15) is 0 Å². The molecule has 2 rings (SSSR count). The maximum absolute atomic E-state index is 9.55. The number of H-pyrrole nitrogens is 1. The second-order valence-corrected chi connectivity index (χ2v) is 2.95. The largest absolute Gasteiger partial charge is 0.478 e. The molecule has 0 aliphatic carbocycles. The van der Waals surface area contributed by atoms with Gasteiger partial charge in [-0.25, -0.2) is 9.59 Å². The summed E-state index contributed by atoms with van der Waals surface area (Å²) in [4.78, 5) is 26.1. The molecule has 17 heavy (non-hydrogen) atoms. The van der Waals surface area contributed by atoms with Gasteiger partial charge >= 0.3 is 11.9 Å². The van der Waals surface area contributed by atoms with Gasteiger partial charge in [0.15, 0.2) is 0 Å². The lowest BCUT2D eigenvalue weighted by Crippen LogP contribution is -1.91. The number of hydrogen-bond acceptors (Lipinski definition) is 3. The fourth-order valence-electron chi connectivity index (χ4n) is 1.03. The smallest absolute Gasteiger partial charge is 0.328 e. The van der Waals surface area contributed by atoms with Gasteiger partial charge in [-0.1, -0.05) is 0 Å². The van der Waals surface area contributed by atoms with Crippen LogP contribution in [0.3, 0.4) is 0 Å². The summed E-state index contributed by atoms with van der Waals surface area (Å²) < 4.78 is 0. The number of aliphatic carboxylic acids is 2. The molecule has 0 aromatic carbocycles. The van der Waals surface area contributed by atoms with Gasteiger partial charge in [0.05, 0.1) is 11.7 Å². The second-order valence-electron chi connectivity index (χ2n) is 2.95. The molecule has 6 heteroatoms. The average Bonchev–Trinajstić information content (AvgIpc) is 2.75. The zero-order valence-electron chi connectivity index (χ0n) is 8.70. The van der Waals surface area contributed by atoms with Crippen LogP contribution < -0.4 is 0 Å². The van der Waals surface area contributed by atoms with Crippen LogP contribution in [0.5, 0.6) is 0 Å². The Labute approximate surface area is 96.2 Å².